The maximum atomic E-state index is 12.6. The van der Waals surface area contributed by atoms with Crippen molar-refractivity contribution in [3.63, 3.8) is 0 Å². The summed E-state index contributed by atoms with van der Waals surface area (Å²) in [7, 11) is 0. The van der Waals surface area contributed by atoms with E-state index in [0.29, 0.717) is 16.9 Å². The quantitative estimate of drug-likeness (QED) is 0.617. The van der Waals surface area contributed by atoms with Gasteiger partial charge in [0.25, 0.3) is 5.91 Å². The van der Waals surface area contributed by atoms with E-state index in [-0.39, 0.29) is 11.7 Å². The molecule has 3 rings (SSSR count). The molecule has 2 aromatic carbocycles. The first kappa shape index (κ1) is 19.3. The van der Waals surface area contributed by atoms with Crippen molar-refractivity contribution in [2.75, 3.05) is 16.8 Å². The number of nitrogens with zero attached hydrogens (tertiary/aromatic N) is 2. The zero-order valence-corrected chi connectivity index (χ0v) is 16.1. The molecule has 0 spiro atoms. The smallest absolute Gasteiger partial charge is 0.274 e. The molecule has 142 valence electrons. The molecule has 0 fully saturated rings. The van der Waals surface area contributed by atoms with E-state index >= 15 is 0 Å². The summed E-state index contributed by atoms with van der Waals surface area (Å²) in [6.45, 7) is 5.14. The molecule has 0 atom stereocenters. The number of hydrogen-bond acceptors (Lipinski definition) is 4. The molecular formula is C23H23N3O2. The van der Waals surface area contributed by atoms with Crippen LogP contribution in [0.15, 0.2) is 72.9 Å². The summed E-state index contributed by atoms with van der Waals surface area (Å²) in [4.78, 5) is 30.6. The Balaban J connectivity index is 1.77. The highest BCUT2D eigenvalue weighted by molar-refractivity contribution is 6.04. The van der Waals surface area contributed by atoms with Crippen molar-refractivity contribution in [3.05, 3.63) is 89.7 Å². The minimum Gasteiger partial charge on any atom is -0.367 e. The molecule has 5 nitrogen and oxygen atoms in total. The topological polar surface area (TPSA) is 62.3 Å². The zero-order valence-electron chi connectivity index (χ0n) is 16.1. The van der Waals surface area contributed by atoms with E-state index in [4.69, 9.17) is 0 Å². The molecule has 0 aliphatic carbocycles. The number of carbonyl (C=O) groups excluding carboxylic acids is 2. The summed E-state index contributed by atoms with van der Waals surface area (Å²) < 4.78 is 0. The maximum Gasteiger partial charge on any atom is 0.274 e. The second-order valence-corrected chi connectivity index (χ2v) is 6.49. The number of carbonyl (C=O) groups is 2. The summed E-state index contributed by atoms with van der Waals surface area (Å²) in [6.07, 6.45) is 1.64. The van der Waals surface area contributed by atoms with Gasteiger partial charge in [0.15, 0.2) is 5.78 Å². The second-order valence-electron chi connectivity index (χ2n) is 6.49. The molecule has 1 N–H and O–H groups in total. The van der Waals surface area contributed by atoms with Gasteiger partial charge in [0.2, 0.25) is 0 Å². The number of rotatable bonds is 7. The van der Waals surface area contributed by atoms with Crippen LogP contribution in [0, 0.1) is 0 Å². The number of ketones is 1. The third kappa shape index (κ3) is 4.82. The second kappa shape index (κ2) is 8.95. The lowest BCUT2D eigenvalue weighted by Gasteiger charge is -2.23. The number of anilines is 2. The van der Waals surface area contributed by atoms with E-state index in [0.717, 1.165) is 18.8 Å². The third-order valence-corrected chi connectivity index (χ3v) is 4.47. The van der Waals surface area contributed by atoms with Gasteiger partial charge in [-0.3, -0.25) is 14.6 Å². The summed E-state index contributed by atoms with van der Waals surface area (Å²) in [5.74, 6) is -0.353. The van der Waals surface area contributed by atoms with Crippen molar-refractivity contribution >= 4 is 23.1 Å². The Morgan fingerprint density at radius 3 is 2.50 bits per heavy atom. The van der Waals surface area contributed by atoms with Crippen LogP contribution in [0.5, 0.6) is 0 Å². The molecule has 0 radical (unpaired) electrons. The molecule has 5 heteroatoms. The number of pyridine rings is 1. The maximum absolute atomic E-state index is 12.6. The van der Waals surface area contributed by atoms with E-state index < -0.39 is 0 Å². The number of hydrogen-bond donors (Lipinski definition) is 1. The van der Waals surface area contributed by atoms with Gasteiger partial charge in [-0.05, 0) is 43.7 Å². The molecule has 0 unspecified atom stereocenters. The van der Waals surface area contributed by atoms with Crippen LogP contribution in [0.3, 0.4) is 0 Å². The van der Waals surface area contributed by atoms with Crippen LogP contribution in [-0.2, 0) is 6.54 Å². The van der Waals surface area contributed by atoms with Crippen LogP contribution in [0.1, 0.15) is 40.3 Å². The molecule has 0 saturated carbocycles. The van der Waals surface area contributed by atoms with Gasteiger partial charge < -0.3 is 10.2 Å². The molecular weight excluding hydrogens is 350 g/mol. The lowest BCUT2D eigenvalue weighted by atomic mass is 10.1. The summed E-state index contributed by atoms with van der Waals surface area (Å²) in [5, 5.41) is 2.82. The highest BCUT2D eigenvalue weighted by atomic mass is 16.2. The monoisotopic (exact) mass is 373 g/mol. The molecule has 0 aliphatic heterocycles. The molecule has 28 heavy (non-hydrogen) atoms. The Morgan fingerprint density at radius 1 is 1.00 bits per heavy atom. The Labute approximate surface area is 165 Å². The normalized spacial score (nSPS) is 10.4. The number of amides is 1. The number of nitrogens with one attached hydrogen (secondary N) is 1. The molecule has 0 bridgehead atoms. The molecule has 0 saturated heterocycles. The van der Waals surface area contributed by atoms with Crippen molar-refractivity contribution in [2.24, 2.45) is 0 Å². The van der Waals surface area contributed by atoms with E-state index in [1.807, 2.05) is 24.3 Å². The van der Waals surface area contributed by atoms with Crippen LogP contribution < -0.4 is 10.2 Å². The van der Waals surface area contributed by atoms with Crippen LogP contribution in [0.4, 0.5) is 11.4 Å². The van der Waals surface area contributed by atoms with Crippen molar-refractivity contribution in [1.82, 2.24) is 4.98 Å². The van der Waals surface area contributed by atoms with E-state index in [9.17, 15) is 9.59 Å². The van der Waals surface area contributed by atoms with Gasteiger partial charge in [0, 0.05) is 36.2 Å². The largest absolute Gasteiger partial charge is 0.367 e. The fourth-order valence-electron chi connectivity index (χ4n) is 2.94. The highest BCUT2D eigenvalue weighted by Gasteiger charge is 2.12. The number of aromatic nitrogens is 1. The molecule has 1 heterocycles. The van der Waals surface area contributed by atoms with Crippen LogP contribution in [-0.4, -0.2) is 23.2 Å². The van der Waals surface area contributed by atoms with Gasteiger partial charge in [-0.25, -0.2) is 0 Å². The van der Waals surface area contributed by atoms with Gasteiger partial charge in [0.1, 0.15) is 5.69 Å². The number of Topliss-reactive ketones (excluding diaryl/α,β-unsaturated/α-hetero) is 1. The van der Waals surface area contributed by atoms with Gasteiger partial charge >= 0.3 is 0 Å². The van der Waals surface area contributed by atoms with Crippen molar-refractivity contribution in [3.8, 4) is 0 Å². The van der Waals surface area contributed by atoms with Crippen molar-refractivity contribution < 1.29 is 9.59 Å². The minimum absolute atomic E-state index is 0.0456. The molecule has 1 aromatic heterocycles. The average Bonchev–Trinajstić information content (AvgIpc) is 2.73. The Kier molecular flexibility index (Phi) is 6.17. The fourth-order valence-corrected chi connectivity index (χ4v) is 2.94. The van der Waals surface area contributed by atoms with Crippen molar-refractivity contribution in [2.45, 2.75) is 20.4 Å². The Bertz CT molecular complexity index is 970. The lowest BCUT2D eigenvalue weighted by Crippen LogP contribution is -2.23. The summed E-state index contributed by atoms with van der Waals surface area (Å²) in [5.41, 5.74) is 3.59. The minimum atomic E-state index is -0.307. The first-order valence-corrected chi connectivity index (χ1v) is 9.24. The van der Waals surface area contributed by atoms with E-state index in [1.165, 1.54) is 12.5 Å². The first-order valence-electron chi connectivity index (χ1n) is 9.24. The van der Waals surface area contributed by atoms with Crippen molar-refractivity contribution in [1.29, 1.82) is 0 Å². The van der Waals surface area contributed by atoms with Gasteiger partial charge in [-0.1, -0.05) is 42.5 Å². The van der Waals surface area contributed by atoms with E-state index in [1.54, 1.807) is 36.5 Å². The molecule has 1 amide bonds. The number of benzene rings is 2. The predicted molar refractivity (Wildman–Crippen MR) is 112 cm³/mol. The van der Waals surface area contributed by atoms with Gasteiger partial charge in [0.05, 0.1) is 0 Å². The van der Waals surface area contributed by atoms with E-state index in [2.05, 4.69) is 34.3 Å². The fraction of sp³-hybridized carbons (Fsp3) is 0.174. The first-order chi connectivity index (χ1) is 13.6. The third-order valence-electron chi connectivity index (χ3n) is 4.47. The summed E-state index contributed by atoms with van der Waals surface area (Å²) >= 11 is 0. The van der Waals surface area contributed by atoms with Gasteiger partial charge in [-0.2, -0.15) is 0 Å². The van der Waals surface area contributed by atoms with Crippen LogP contribution >= 0.6 is 0 Å². The Hall–Kier alpha value is -3.47. The SMILES string of the molecule is CCN(Cc1ccccc1)c1ccnc(C(=O)Nc2cccc(C(C)=O)c2)c1. The highest BCUT2D eigenvalue weighted by Crippen LogP contribution is 2.19. The lowest BCUT2D eigenvalue weighted by molar-refractivity contribution is 0.100. The Morgan fingerprint density at radius 2 is 1.79 bits per heavy atom. The predicted octanol–water partition coefficient (Wildman–Crippen LogP) is 4.56. The average molecular weight is 373 g/mol. The molecule has 0 aliphatic rings. The standard InChI is InChI=1S/C23H23N3O2/c1-3-26(16-18-8-5-4-6-9-18)21-12-13-24-22(15-21)23(28)25-20-11-7-10-19(14-20)17(2)27/h4-15H,3,16H2,1-2H3,(H,25,28). The van der Waals surface area contributed by atoms with Crippen LogP contribution in [0.2, 0.25) is 0 Å². The summed E-state index contributed by atoms with van der Waals surface area (Å²) in [6, 6.07) is 20.8. The van der Waals surface area contributed by atoms with Gasteiger partial charge in [-0.15, -0.1) is 0 Å². The molecule has 3 aromatic rings. The zero-order chi connectivity index (χ0) is 19.9. The van der Waals surface area contributed by atoms with Crippen LogP contribution in [0.25, 0.3) is 0 Å².